The number of hydrogen-bond donors (Lipinski definition) is 1. The molecule has 0 aliphatic heterocycles. The molecule has 2 heteroatoms. The van der Waals surface area contributed by atoms with Crippen molar-refractivity contribution in [1.82, 2.24) is 5.32 Å². The molecule has 2 nitrogen and oxygen atoms in total. The first-order chi connectivity index (χ1) is 11.2. The van der Waals surface area contributed by atoms with E-state index in [1.165, 1.54) is 22.3 Å². The normalized spacial score (nSPS) is 12.8. The molecule has 1 N–H and O–H groups in total. The highest BCUT2D eigenvalue weighted by atomic mass is 16.1. The summed E-state index contributed by atoms with van der Waals surface area (Å²) in [5.41, 5.74) is 5.72. The van der Waals surface area contributed by atoms with Gasteiger partial charge in [-0.3, -0.25) is 4.79 Å². The van der Waals surface area contributed by atoms with Crippen molar-refractivity contribution < 1.29 is 4.79 Å². The van der Waals surface area contributed by atoms with Gasteiger partial charge in [0, 0.05) is 5.56 Å². The van der Waals surface area contributed by atoms with E-state index in [-0.39, 0.29) is 17.4 Å². The number of amides is 1. The lowest BCUT2D eigenvalue weighted by Crippen LogP contribution is -2.28. The molecule has 1 amide bonds. The monoisotopic (exact) mass is 323 g/mol. The molecular weight excluding hydrogens is 294 g/mol. The second-order valence-corrected chi connectivity index (χ2v) is 7.62. The molecule has 0 heterocycles. The standard InChI is InChI=1S/C22H29NO/c1-7-20(19-13-8-15(2)14-16(19)3)23-21(24)17-9-11-18(12-10-17)22(4,5)6/h8-14,20H,7H2,1-6H3,(H,23,24). The van der Waals surface area contributed by atoms with Crippen LogP contribution in [0.25, 0.3) is 0 Å². The predicted molar refractivity (Wildman–Crippen MR) is 102 cm³/mol. The Labute approximate surface area is 146 Å². The fourth-order valence-corrected chi connectivity index (χ4v) is 2.98. The van der Waals surface area contributed by atoms with Gasteiger partial charge in [0.2, 0.25) is 0 Å². The SMILES string of the molecule is CCC(NC(=O)c1ccc(C(C)(C)C)cc1)c1ccc(C)cc1C. The number of carbonyl (C=O) groups is 1. The molecule has 0 aliphatic carbocycles. The van der Waals surface area contributed by atoms with Gasteiger partial charge in [0.25, 0.3) is 5.91 Å². The minimum absolute atomic E-state index is 0.0118. The van der Waals surface area contributed by atoms with Crippen molar-refractivity contribution in [3.8, 4) is 0 Å². The van der Waals surface area contributed by atoms with Gasteiger partial charge in [-0.05, 0) is 54.5 Å². The van der Waals surface area contributed by atoms with E-state index in [2.05, 4.69) is 65.1 Å². The van der Waals surface area contributed by atoms with Crippen LogP contribution in [-0.4, -0.2) is 5.91 Å². The molecule has 2 aromatic carbocycles. The Morgan fingerprint density at radius 2 is 1.67 bits per heavy atom. The van der Waals surface area contributed by atoms with Crippen molar-refractivity contribution in [3.05, 3.63) is 70.3 Å². The minimum atomic E-state index is -0.0118. The lowest BCUT2D eigenvalue weighted by molar-refractivity contribution is 0.0935. The van der Waals surface area contributed by atoms with Crippen LogP contribution in [0, 0.1) is 13.8 Å². The molecule has 2 aromatic rings. The maximum absolute atomic E-state index is 12.6. The summed E-state index contributed by atoms with van der Waals surface area (Å²) in [5, 5.41) is 3.18. The molecule has 128 valence electrons. The summed E-state index contributed by atoms with van der Waals surface area (Å²) >= 11 is 0. The largest absolute Gasteiger partial charge is 0.345 e. The maximum atomic E-state index is 12.6. The Hall–Kier alpha value is -2.09. The lowest BCUT2D eigenvalue weighted by Gasteiger charge is -2.21. The third-order valence-corrected chi connectivity index (χ3v) is 4.53. The van der Waals surface area contributed by atoms with Crippen LogP contribution >= 0.6 is 0 Å². The highest BCUT2D eigenvalue weighted by Crippen LogP contribution is 2.24. The summed E-state index contributed by atoms with van der Waals surface area (Å²) < 4.78 is 0. The van der Waals surface area contributed by atoms with Crippen LogP contribution in [-0.2, 0) is 5.41 Å². The topological polar surface area (TPSA) is 29.1 Å². The average molecular weight is 323 g/mol. The van der Waals surface area contributed by atoms with Gasteiger partial charge in [0.15, 0.2) is 0 Å². The molecule has 2 rings (SSSR count). The highest BCUT2D eigenvalue weighted by Gasteiger charge is 2.17. The van der Waals surface area contributed by atoms with E-state index in [1.54, 1.807) is 0 Å². The first kappa shape index (κ1) is 18.3. The van der Waals surface area contributed by atoms with Crippen LogP contribution in [0.5, 0.6) is 0 Å². The van der Waals surface area contributed by atoms with E-state index in [9.17, 15) is 4.79 Å². The van der Waals surface area contributed by atoms with Gasteiger partial charge >= 0.3 is 0 Å². The predicted octanol–water partition coefficient (Wildman–Crippen LogP) is 5.48. The zero-order chi connectivity index (χ0) is 17.9. The Kier molecular flexibility index (Phi) is 5.48. The Morgan fingerprint density at radius 3 is 2.17 bits per heavy atom. The summed E-state index contributed by atoms with van der Waals surface area (Å²) in [6, 6.07) is 14.4. The van der Waals surface area contributed by atoms with Crippen LogP contribution in [0.4, 0.5) is 0 Å². The summed E-state index contributed by atoms with van der Waals surface area (Å²) in [5.74, 6) is -0.0118. The number of hydrogen-bond acceptors (Lipinski definition) is 1. The zero-order valence-corrected chi connectivity index (χ0v) is 15.7. The molecule has 0 bridgehead atoms. The van der Waals surface area contributed by atoms with E-state index in [0.717, 1.165) is 6.42 Å². The molecule has 24 heavy (non-hydrogen) atoms. The number of nitrogens with one attached hydrogen (secondary N) is 1. The number of rotatable bonds is 4. The number of carbonyl (C=O) groups excluding carboxylic acids is 1. The van der Waals surface area contributed by atoms with Crippen molar-refractivity contribution in [2.24, 2.45) is 0 Å². The summed E-state index contributed by atoms with van der Waals surface area (Å²) in [7, 11) is 0. The molecule has 0 aromatic heterocycles. The van der Waals surface area contributed by atoms with Gasteiger partial charge < -0.3 is 5.32 Å². The Balaban J connectivity index is 2.17. The Bertz CT molecular complexity index is 708. The molecule has 1 atom stereocenters. The first-order valence-corrected chi connectivity index (χ1v) is 8.71. The van der Waals surface area contributed by atoms with Gasteiger partial charge in [0.05, 0.1) is 6.04 Å². The maximum Gasteiger partial charge on any atom is 0.251 e. The van der Waals surface area contributed by atoms with Crippen molar-refractivity contribution >= 4 is 5.91 Å². The quantitative estimate of drug-likeness (QED) is 0.793. The highest BCUT2D eigenvalue weighted by molar-refractivity contribution is 5.94. The van der Waals surface area contributed by atoms with Crippen LogP contribution in [0.15, 0.2) is 42.5 Å². The molecule has 0 aliphatic rings. The van der Waals surface area contributed by atoms with E-state index in [0.29, 0.717) is 5.56 Å². The van der Waals surface area contributed by atoms with E-state index in [4.69, 9.17) is 0 Å². The average Bonchev–Trinajstić information content (AvgIpc) is 2.52. The molecular formula is C22H29NO. The zero-order valence-electron chi connectivity index (χ0n) is 15.7. The molecule has 0 spiro atoms. The van der Waals surface area contributed by atoms with Gasteiger partial charge in [-0.15, -0.1) is 0 Å². The van der Waals surface area contributed by atoms with E-state index < -0.39 is 0 Å². The first-order valence-electron chi connectivity index (χ1n) is 8.71. The Morgan fingerprint density at radius 1 is 1.04 bits per heavy atom. The number of benzene rings is 2. The smallest absolute Gasteiger partial charge is 0.251 e. The van der Waals surface area contributed by atoms with Gasteiger partial charge in [-0.2, -0.15) is 0 Å². The number of aryl methyl sites for hydroxylation is 2. The lowest BCUT2D eigenvalue weighted by atomic mass is 9.86. The molecule has 0 radical (unpaired) electrons. The summed E-state index contributed by atoms with van der Waals surface area (Å²) in [6.45, 7) is 12.8. The molecule has 0 fully saturated rings. The van der Waals surface area contributed by atoms with Crippen molar-refractivity contribution in [2.75, 3.05) is 0 Å². The van der Waals surface area contributed by atoms with Crippen LogP contribution in [0.2, 0.25) is 0 Å². The van der Waals surface area contributed by atoms with Crippen LogP contribution < -0.4 is 5.32 Å². The second kappa shape index (κ2) is 7.21. The minimum Gasteiger partial charge on any atom is -0.345 e. The van der Waals surface area contributed by atoms with Crippen LogP contribution in [0.1, 0.15) is 72.8 Å². The van der Waals surface area contributed by atoms with Gasteiger partial charge in [-0.25, -0.2) is 0 Å². The summed E-state index contributed by atoms with van der Waals surface area (Å²) in [4.78, 5) is 12.6. The fourth-order valence-electron chi connectivity index (χ4n) is 2.98. The van der Waals surface area contributed by atoms with E-state index in [1.807, 2.05) is 24.3 Å². The fraction of sp³-hybridized carbons (Fsp3) is 0.409. The molecule has 0 saturated heterocycles. The molecule has 0 saturated carbocycles. The summed E-state index contributed by atoms with van der Waals surface area (Å²) in [6.07, 6.45) is 0.871. The van der Waals surface area contributed by atoms with Gasteiger partial charge in [0.1, 0.15) is 0 Å². The second-order valence-electron chi connectivity index (χ2n) is 7.62. The third-order valence-electron chi connectivity index (χ3n) is 4.53. The van der Waals surface area contributed by atoms with Crippen LogP contribution in [0.3, 0.4) is 0 Å². The van der Waals surface area contributed by atoms with Crippen molar-refractivity contribution in [3.63, 3.8) is 0 Å². The van der Waals surface area contributed by atoms with Gasteiger partial charge in [-0.1, -0.05) is 63.6 Å². The molecule has 1 unspecified atom stereocenters. The third kappa shape index (κ3) is 4.25. The van der Waals surface area contributed by atoms with Crippen molar-refractivity contribution in [1.29, 1.82) is 0 Å². The van der Waals surface area contributed by atoms with E-state index >= 15 is 0 Å². The van der Waals surface area contributed by atoms with Crippen molar-refractivity contribution in [2.45, 2.75) is 59.4 Å².